The Morgan fingerprint density at radius 3 is 1.63 bits per heavy atom. The van der Waals surface area contributed by atoms with Gasteiger partial charge in [-0.3, -0.25) is 0 Å². The van der Waals surface area contributed by atoms with Gasteiger partial charge in [-0.1, -0.05) is 41.0 Å². The number of nitrogens with one attached hydrogen (secondary N) is 2. The van der Waals surface area contributed by atoms with Crippen molar-refractivity contribution in [3.05, 3.63) is 46.6 Å². The molecule has 0 aromatic heterocycles. The van der Waals surface area contributed by atoms with E-state index in [4.69, 9.17) is 0 Å². The second-order valence-electron chi connectivity index (χ2n) is 13.5. The molecule has 2 N–H and O–H groups in total. The Kier molecular flexibility index (Phi) is 4.31. The van der Waals surface area contributed by atoms with Crippen molar-refractivity contribution in [3.8, 4) is 0 Å². The van der Waals surface area contributed by atoms with Crippen molar-refractivity contribution in [3.63, 3.8) is 0 Å². The number of hydrogen-bond donors (Lipinski definition) is 2. The van der Waals surface area contributed by atoms with Crippen molar-refractivity contribution < 1.29 is 0 Å². The Bertz CT molecular complexity index is 854. The normalized spacial score (nSPS) is 39.7. The highest BCUT2D eigenvalue weighted by Crippen LogP contribution is 2.61. The van der Waals surface area contributed by atoms with Crippen molar-refractivity contribution in [1.82, 2.24) is 10.6 Å². The fraction of sp³-hybridized carbons (Fsp3) is 0.714. The van der Waals surface area contributed by atoms with Crippen molar-refractivity contribution in [2.45, 2.75) is 103 Å². The van der Waals surface area contributed by atoms with Crippen LogP contribution in [0.15, 0.2) is 46.6 Å². The largest absolute Gasteiger partial charge is 0.306 e. The van der Waals surface area contributed by atoms with Gasteiger partial charge in [-0.15, -0.1) is 0 Å². The van der Waals surface area contributed by atoms with Gasteiger partial charge < -0.3 is 10.6 Å². The van der Waals surface area contributed by atoms with Gasteiger partial charge >= 0.3 is 0 Å². The molecule has 3 aliphatic carbocycles. The summed E-state index contributed by atoms with van der Waals surface area (Å²) in [6.07, 6.45) is 14.9. The van der Waals surface area contributed by atoms with Crippen LogP contribution in [0, 0.1) is 23.7 Å². The van der Waals surface area contributed by atoms with E-state index in [1.807, 2.05) is 0 Å². The lowest BCUT2D eigenvalue weighted by Gasteiger charge is -2.45. The predicted octanol–water partition coefficient (Wildman–Crippen LogP) is 6.08. The molecule has 164 valence electrons. The van der Waals surface area contributed by atoms with Gasteiger partial charge in [0.2, 0.25) is 0 Å². The van der Waals surface area contributed by atoms with Gasteiger partial charge in [0.15, 0.2) is 0 Å². The Labute approximate surface area is 184 Å². The minimum Gasteiger partial charge on any atom is -0.306 e. The minimum absolute atomic E-state index is 0.174. The zero-order valence-corrected chi connectivity index (χ0v) is 20.4. The topological polar surface area (TPSA) is 24.1 Å². The zero-order valence-electron chi connectivity index (χ0n) is 20.4. The van der Waals surface area contributed by atoms with E-state index in [1.54, 1.807) is 22.3 Å². The Hall–Kier alpha value is -1.12. The average molecular weight is 407 g/mol. The zero-order chi connectivity index (χ0) is 21.7. The van der Waals surface area contributed by atoms with Crippen LogP contribution >= 0.6 is 0 Å². The molecule has 0 unspecified atom stereocenters. The maximum absolute atomic E-state index is 3.88. The molecule has 5 rings (SSSR count). The van der Waals surface area contributed by atoms with Crippen LogP contribution in [0.5, 0.6) is 0 Å². The third-order valence-corrected chi connectivity index (χ3v) is 8.11. The van der Waals surface area contributed by atoms with E-state index in [2.05, 4.69) is 90.3 Å². The molecule has 0 aromatic rings. The number of allylic oxidation sites excluding steroid dienone is 6. The van der Waals surface area contributed by atoms with Crippen LogP contribution in [0.4, 0.5) is 0 Å². The summed E-state index contributed by atoms with van der Waals surface area (Å²) in [6.45, 7) is 19.0. The number of hydrogen-bond acceptors (Lipinski definition) is 2. The molecule has 0 radical (unpaired) electrons. The quantitative estimate of drug-likeness (QED) is 0.476. The molecular weight excluding hydrogens is 364 g/mol. The fourth-order valence-corrected chi connectivity index (χ4v) is 8.25. The van der Waals surface area contributed by atoms with E-state index in [0.717, 1.165) is 0 Å². The smallest absolute Gasteiger partial charge is 0.0167 e. The van der Waals surface area contributed by atoms with Crippen LogP contribution in [0.3, 0.4) is 0 Å². The monoisotopic (exact) mass is 406 g/mol. The molecule has 2 nitrogen and oxygen atoms in total. The van der Waals surface area contributed by atoms with E-state index in [9.17, 15) is 0 Å². The number of piperidine rings is 2. The van der Waals surface area contributed by atoms with Gasteiger partial charge in [-0.25, -0.2) is 0 Å². The van der Waals surface area contributed by atoms with Crippen LogP contribution < -0.4 is 10.6 Å². The molecule has 0 spiro atoms. The Morgan fingerprint density at radius 2 is 1.10 bits per heavy atom. The summed E-state index contributed by atoms with van der Waals surface area (Å²) in [7, 11) is 0. The first-order valence-corrected chi connectivity index (χ1v) is 12.1. The van der Waals surface area contributed by atoms with Gasteiger partial charge in [0.25, 0.3) is 0 Å². The molecule has 5 aliphatic rings. The first-order valence-electron chi connectivity index (χ1n) is 12.1. The highest BCUT2D eigenvalue weighted by atomic mass is 15.1. The lowest BCUT2D eigenvalue weighted by atomic mass is 9.73. The fourth-order valence-electron chi connectivity index (χ4n) is 8.25. The van der Waals surface area contributed by atoms with Crippen molar-refractivity contribution in [2.24, 2.45) is 23.7 Å². The van der Waals surface area contributed by atoms with E-state index in [-0.39, 0.29) is 22.2 Å². The summed E-state index contributed by atoms with van der Waals surface area (Å²) in [5.74, 6) is 2.63. The number of fused-ring (bicyclic) bond motifs is 5. The molecule has 2 bridgehead atoms. The predicted molar refractivity (Wildman–Crippen MR) is 127 cm³/mol. The maximum Gasteiger partial charge on any atom is 0.0167 e. The lowest BCUT2D eigenvalue weighted by Crippen LogP contribution is -2.56. The molecule has 2 heteroatoms. The van der Waals surface area contributed by atoms with E-state index < -0.39 is 0 Å². The molecule has 2 saturated heterocycles. The maximum atomic E-state index is 3.88. The summed E-state index contributed by atoms with van der Waals surface area (Å²) >= 11 is 0. The van der Waals surface area contributed by atoms with Crippen molar-refractivity contribution in [1.29, 1.82) is 0 Å². The summed E-state index contributed by atoms with van der Waals surface area (Å²) in [4.78, 5) is 0. The first-order chi connectivity index (χ1) is 13.8. The van der Waals surface area contributed by atoms with Crippen LogP contribution in [-0.2, 0) is 0 Å². The highest BCUT2D eigenvalue weighted by molar-refractivity contribution is 5.51. The van der Waals surface area contributed by atoms with Crippen LogP contribution in [0.25, 0.3) is 0 Å². The van der Waals surface area contributed by atoms with Gasteiger partial charge in [0.05, 0.1) is 0 Å². The minimum atomic E-state index is 0.174. The molecule has 30 heavy (non-hydrogen) atoms. The molecule has 1 saturated carbocycles. The first kappa shape index (κ1) is 20.8. The Morgan fingerprint density at radius 1 is 0.633 bits per heavy atom. The molecule has 3 fully saturated rings. The third-order valence-electron chi connectivity index (χ3n) is 8.11. The van der Waals surface area contributed by atoms with Gasteiger partial charge in [0, 0.05) is 39.9 Å². The van der Waals surface area contributed by atoms with Crippen LogP contribution in [0.2, 0.25) is 0 Å². The van der Waals surface area contributed by atoms with E-state index in [0.29, 0.717) is 23.7 Å². The summed E-state index contributed by atoms with van der Waals surface area (Å²) < 4.78 is 0. The van der Waals surface area contributed by atoms with E-state index >= 15 is 0 Å². The number of rotatable bonds is 0. The second kappa shape index (κ2) is 6.23. The molecular formula is C28H42N2. The second-order valence-corrected chi connectivity index (χ2v) is 13.5. The molecule has 2 aliphatic heterocycles. The van der Waals surface area contributed by atoms with Crippen LogP contribution in [-0.4, -0.2) is 22.2 Å². The van der Waals surface area contributed by atoms with Gasteiger partial charge in [-0.2, -0.15) is 0 Å². The summed E-state index contributed by atoms with van der Waals surface area (Å²) in [5.41, 5.74) is 7.66. The Balaban J connectivity index is 1.54. The lowest BCUT2D eigenvalue weighted by molar-refractivity contribution is 0.219. The molecule has 2 heterocycles. The standard InChI is InChI=1S/C28H42N2/c1-25(2)13-17(14-26(3,4)29-25)19-9-10-21-20-11-12-22(24(19)21)23(20)18-15-27(5,6)30-28(7,8)16-18/h9-12,20-22,24,29-30H,13-16H2,1-8H3/t20-,21-,22-,24+/m1/s1. The third kappa shape index (κ3) is 3.39. The summed E-state index contributed by atoms with van der Waals surface area (Å²) in [5, 5.41) is 7.75. The molecule has 4 atom stereocenters. The SMILES string of the molecule is CC1(C)CC(=C2C=C[C@H]3[C@H]2[C@@H]2C=C[C@H]3C2=C2CC(C)(C)NC(C)(C)C2)CC(C)(C)N1. The van der Waals surface area contributed by atoms with Gasteiger partial charge in [-0.05, 0) is 92.6 Å². The summed E-state index contributed by atoms with van der Waals surface area (Å²) in [6, 6.07) is 0. The average Bonchev–Trinajstić information content (AvgIpc) is 3.19. The van der Waals surface area contributed by atoms with E-state index in [1.165, 1.54) is 25.7 Å². The molecule has 0 aromatic carbocycles. The van der Waals surface area contributed by atoms with Crippen LogP contribution in [0.1, 0.15) is 81.1 Å². The van der Waals surface area contributed by atoms with Gasteiger partial charge in [0.1, 0.15) is 0 Å². The van der Waals surface area contributed by atoms with Crippen molar-refractivity contribution in [2.75, 3.05) is 0 Å². The molecule has 0 amide bonds. The van der Waals surface area contributed by atoms with Crippen molar-refractivity contribution >= 4 is 0 Å². The highest BCUT2D eigenvalue weighted by Gasteiger charge is 2.53.